The number of hydrogen-bond donors (Lipinski definition) is 2. The molecule has 11 heteroatoms. The van der Waals surface area contributed by atoms with Gasteiger partial charge in [-0.25, -0.2) is 9.37 Å². The number of ether oxygens (including phenoxy) is 2. The molecule has 2 aromatic rings. The van der Waals surface area contributed by atoms with E-state index in [1.807, 2.05) is 0 Å². The maximum Gasteiger partial charge on any atom is 0.258 e. The Hall–Kier alpha value is -2.27. The summed E-state index contributed by atoms with van der Waals surface area (Å²) in [6.45, 7) is 12.5. The summed E-state index contributed by atoms with van der Waals surface area (Å²) in [5.41, 5.74) is 7.72. The Bertz CT molecular complexity index is 1170. The van der Waals surface area contributed by atoms with Crippen LogP contribution in [-0.2, 0) is 20.4 Å². The fourth-order valence-corrected chi connectivity index (χ4v) is 5.56. The molecule has 0 saturated carbocycles. The summed E-state index contributed by atoms with van der Waals surface area (Å²) in [4.78, 5) is 21.5. The number of rotatable bonds is 8. The van der Waals surface area contributed by atoms with Gasteiger partial charge in [-0.1, -0.05) is 38.4 Å². The summed E-state index contributed by atoms with van der Waals surface area (Å²) in [5.74, 6) is -0.729. The lowest BCUT2D eigenvalue weighted by Crippen LogP contribution is -2.42. The zero-order chi connectivity index (χ0) is 27.7. The van der Waals surface area contributed by atoms with Crippen LogP contribution in [0.25, 0.3) is 0 Å². The smallest absolute Gasteiger partial charge is 0.258 e. The highest BCUT2D eigenvalue weighted by atomic mass is 35.5. The highest BCUT2D eigenvalue weighted by Gasteiger charge is 2.39. The predicted octanol–water partition coefficient (Wildman–Crippen LogP) is 5.19. The standard InChI is InChI=1S/C27H38ClFN4O4Si/c1-27(2,3)38(4,5)36-15-19(16-6-8-20(28)21(29)14-16)23-18-7-9-22(24(30)34)37-25(18)33-26(32-23)31-17-10-12-35-13-11-17/h6,8,14,17,19,22H,7,9-13,15H2,1-5H3,(H2,30,34)(H,31,32,33)/t19-,22?/m0/s1. The number of primary amides is 1. The van der Waals surface area contributed by atoms with Crippen LogP contribution in [0, 0.1) is 5.82 Å². The molecule has 38 heavy (non-hydrogen) atoms. The molecule has 0 bridgehead atoms. The van der Waals surface area contributed by atoms with E-state index in [9.17, 15) is 9.18 Å². The normalized spacial score (nSPS) is 19.4. The van der Waals surface area contributed by atoms with Gasteiger partial charge in [0.1, 0.15) is 5.82 Å². The number of benzene rings is 1. The van der Waals surface area contributed by atoms with Gasteiger partial charge in [-0.2, -0.15) is 4.98 Å². The zero-order valence-electron chi connectivity index (χ0n) is 22.8. The maximum absolute atomic E-state index is 14.7. The van der Waals surface area contributed by atoms with Crippen molar-refractivity contribution in [1.29, 1.82) is 0 Å². The van der Waals surface area contributed by atoms with Crippen LogP contribution in [0.2, 0.25) is 23.2 Å². The molecular formula is C27H38ClFN4O4Si. The van der Waals surface area contributed by atoms with Crippen molar-refractivity contribution in [3.8, 4) is 5.88 Å². The first-order valence-electron chi connectivity index (χ1n) is 13.2. The highest BCUT2D eigenvalue weighted by molar-refractivity contribution is 6.74. The van der Waals surface area contributed by atoms with E-state index in [1.54, 1.807) is 12.1 Å². The fourth-order valence-electron chi connectivity index (χ4n) is 4.43. The average Bonchev–Trinajstić information content (AvgIpc) is 2.85. The molecule has 2 atom stereocenters. The van der Waals surface area contributed by atoms with Crippen molar-refractivity contribution in [3.05, 3.63) is 45.9 Å². The molecule has 4 rings (SSSR count). The number of nitrogens with one attached hydrogen (secondary N) is 1. The Kier molecular flexibility index (Phi) is 8.66. The van der Waals surface area contributed by atoms with Crippen LogP contribution in [0.1, 0.15) is 62.8 Å². The molecule has 1 fully saturated rings. The molecular weight excluding hydrogens is 527 g/mol. The van der Waals surface area contributed by atoms with Gasteiger partial charge in [0.2, 0.25) is 11.8 Å². The number of aromatic nitrogens is 2. The van der Waals surface area contributed by atoms with E-state index in [0.29, 0.717) is 55.7 Å². The van der Waals surface area contributed by atoms with Crippen molar-refractivity contribution >= 4 is 31.8 Å². The molecule has 208 valence electrons. The van der Waals surface area contributed by atoms with Crippen LogP contribution >= 0.6 is 11.6 Å². The second-order valence-electron chi connectivity index (χ2n) is 11.6. The second-order valence-corrected chi connectivity index (χ2v) is 16.8. The molecule has 2 aliphatic heterocycles. The van der Waals surface area contributed by atoms with Gasteiger partial charge in [0.25, 0.3) is 5.91 Å². The van der Waals surface area contributed by atoms with Gasteiger partial charge in [-0.05, 0) is 61.5 Å². The van der Waals surface area contributed by atoms with Crippen molar-refractivity contribution in [2.45, 2.75) is 82.7 Å². The van der Waals surface area contributed by atoms with Gasteiger partial charge in [0, 0.05) is 37.3 Å². The van der Waals surface area contributed by atoms with E-state index in [-0.39, 0.29) is 16.1 Å². The molecule has 1 unspecified atom stereocenters. The first-order chi connectivity index (χ1) is 17.9. The number of nitrogens with two attached hydrogens (primary N) is 1. The molecule has 8 nitrogen and oxygen atoms in total. The van der Waals surface area contributed by atoms with Crippen molar-refractivity contribution in [3.63, 3.8) is 0 Å². The largest absolute Gasteiger partial charge is 0.464 e. The third-order valence-corrected chi connectivity index (χ3v) is 12.7. The molecule has 1 saturated heterocycles. The van der Waals surface area contributed by atoms with E-state index >= 15 is 0 Å². The first-order valence-corrected chi connectivity index (χ1v) is 16.4. The Labute approximate surface area is 229 Å². The van der Waals surface area contributed by atoms with Crippen LogP contribution in [0.3, 0.4) is 0 Å². The highest BCUT2D eigenvalue weighted by Crippen LogP contribution is 2.40. The number of hydrogen-bond acceptors (Lipinski definition) is 7. The maximum atomic E-state index is 14.7. The van der Waals surface area contributed by atoms with Crippen LogP contribution in [0.15, 0.2) is 18.2 Å². The molecule has 1 aromatic carbocycles. The third-order valence-electron chi connectivity index (χ3n) is 7.88. The zero-order valence-corrected chi connectivity index (χ0v) is 24.5. The monoisotopic (exact) mass is 564 g/mol. The minimum Gasteiger partial charge on any atom is -0.464 e. The van der Waals surface area contributed by atoms with E-state index < -0.39 is 32.1 Å². The quantitative estimate of drug-likeness (QED) is 0.424. The summed E-state index contributed by atoms with van der Waals surface area (Å²) in [7, 11) is -2.15. The van der Waals surface area contributed by atoms with Gasteiger partial charge >= 0.3 is 0 Å². The molecule has 0 spiro atoms. The molecule has 1 aromatic heterocycles. The number of fused-ring (bicyclic) bond motifs is 1. The van der Waals surface area contributed by atoms with Gasteiger partial charge in [-0.3, -0.25) is 4.79 Å². The lowest BCUT2D eigenvalue weighted by atomic mass is 9.90. The minimum absolute atomic E-state index is 0.0124. The van der Waals surface area contributed by atoms with Crippen LogP contribution in [0.5, 0.6) is 5.88 Å². The van der Waals surface area contributed by atoms with Crippen molar-refractivity contribution in [1.82, 2.24) is 9.97 Å². The fraction of sp³-hybridized carbons (Fsp3) is 0.593. The topological polar surface area (TPSA) is 109 Å². The molecule has 0 radical (unpaired) electrons. The molecule has 3 heterocycles. The van der Waals surface area contributed by atoms with E-state index in [2.05, 4.69) is 44.2 Å². The third kappa shape index (κ3) is 6.47. The van der Waals surface area contributed by atoms with Gasteiger partial charge in [0.15, 0.2) is 14.4 Å². The lowest BCUT2D eigenvalue weighted by molar-refractivity contribution is -0.125. The minimum atomic E-state index is -2.15. The summed E-state index contributed by atoms with van der Waals surface area (Å²) < 4.78 is 32.8. The van der Waals surface area contributed by atoms with Crippen LogP contribution in [0.4, 0.5) is 10.3 Å². The van der Waals surface area contributed by atoms with Crippen molar-refractivity contribution < 1.29 is 23.1 Å². The first kappa shape index (κ1) is 28.7. The SMILES string of the molecule is CC(C)(C)[Si](C)(C)OC[C@@H](c1ccc(Cl)c(F)c1)c1nc(NC2CCOCC2)nc2c1CCC(C(N)=O)O2. The van der Waals surface area contributed by atoms with Gasteiger partial charge in [0.05, 0.1) is 10.7 Å². The Morgan fingerprint density at radius 3 is 2.61 bits per heavy atom. The Morgan fingerprint density at radius 1 is 1.26 bits per heavy atom. The number of halogens is 2. The molecule has 2 aliphatic rings. The molecule has 0 aliphatic carbocycles. The van der Waals surface area contributed by atoms with Gasteiger partial charge < -0.3 is 25.0 Å². The summed E-state index contributed by atoms with van der Waals surface area (Å²) in [5, 5.41) is 3.45. The molecule has 1 amide bonds. The number of carbonyl (C=O) groups excluding carboxylic acids is 1. The Balaban J connectivity index is 1.79. The second kappa shape index (κ2) is 11.5. The number of nitrogens with zero attached hydrogens (tertiary/aromatic N) is 2. The Morgan fingerprint density at radius 2 is 1.97 bits per heavy atom. The lowest BCUT2D eigenvalue weighted by Gasteiger charge is -2.37. The summed E-state index contributed by atoms with van der Waals surface area (Å²) in [6.07, 6.45) is 1.79. The number of anilines is 1. The number of amides is 1. The van der Waals surface area contributed by atoms with E-state index in [4.69, 9.17) is 36.2 Å². The van der Waals surface area contributed by atoms with Crippen molar-refractivity contribution in [2.24, 2.45) is 5.73 Å². The summed E-state index contributed by atoms with van der Waals surface area (Å²) in [6, 6.07) is 4.94. The van der Waals surface area contributed by atoms with E-state index in [0.717, 1.165) is 18.4 Å². The van der Waals surface area contributed by atoms with Gasteiger partial charge in [-0.15, -0.1) is 0 Å². The van der Waals surface area contributed by atoms with Crippen LogP contribution in [-0.4, -0.2) is 56.2 Å². The summed E-state index contributed by atoms with van der Waals surface area (Å²) >= 11 is 6.03. The predicted molar refractivity (Wildman–Crippen MR) is 148 cm³/mol. The number of carbonyl (C=O) groups is 1. The molecule has 3 N–H and O–H groups in total. The van der Waals surface area contributed by atoms with E-state index in [1.165, 1.54) is 6.07 Å². The van der Waals surface area contributed by atoms with Crippen LogP contribution < -0.4 is 15.8 Å². The average molecular weight is 565 g/mol. The van der Waals surface area contributed by atoms with Crippen molar-refractivity contribution in [2.75, 3.05) is 25.1 Å².